The van der Waals surface area contributed by atoms with Crippen LogP contribution in [0.2, 0.25) is 0 Å². The van der Waals surface area contributed by atoms with Gasteiger partial charge in [-0.15, -0.1) is 0 Å². The normalized spacial score (nSPS) is 12.1. The van der Waals surface area contributed by atoms with Crippen LogP contribution in [0.5, 0.6) is 0 Å². The molecule has 1 N–H and O–H groups in total. The highest BCUT2D eigenvalue weighted by molar-refractivity contribution is 5.95. The Kier molecular flexibility index (Phi) is 4.16. The van der Waals surface area contributed by atoms with Gasteiger partial charge >= 0.3 is 0 Å². The van der Waals surface area contributed by atoms with Gasteiger partial charge in [-0.2, -0.15) is 0 Å². The number of carbonyl (C=O) groups excluding carboxylic acids is 1. The first-order valence-electron chi connectivity index (χ1n) is 7.91. The summed E-state index contributed by atoms with van der Waals surface area (Å²) in [7, 11) is 0. The fourth-order valence-electron chi connectivity index (χ4n) is 3.09. The van der Waals surface area contributed by atoms with E-state index in [4.69, 9.17) is 0 Å². The fraction of sp³-hybridized carbons (Fsp3) is 0.190. The Morgan fingerprint density at radius 3 is 2.30 bits per heavy atom. The van der Waals surface area contributed by atoms with Crippen LogP contribution in [0.25, 0.3) is 10.8 Å². The molecule has 0 spiro atoms. The molecule has 1 unspecified atom stereocenters. The van der Waals surface area contributed by atoms with Gasteiger partial charge < -0.3 is 5.32 Å². The molecule has 0 radical (unpaired) electrons. The number of rotatable bonds is 3. The maximum atomic E-state index is 12.6. The maximum Gasteiger partial charge on any atom is 0.251 e. The van der Waals surface area contributed by atoms with Gasteiger partial charge in [-0.3, -0.25) is 4.79 Å². The number of hydrogen-bond donors (Lipinski definition) is 1. The van der Waals surface area contributed by atoms with Gasteiger partial charge in [0.25, 0.3) is 5.91 Å². The van der Waals surface area contributed by atoms with E-state index in [-0.39, 0.29) is 11.9 Å². The van der Waals surface area contributed by atoms with Gasteiger partial charge in [0.15, 0.2) is 0 Å². The first-order chi connectivity index (χ1) is 11.0. The van der Waals surface area contributed by atoms with Crippen LogP contribution < -0.4 is 5.32 Å². The van der Waals surface area contributed by atoms with Crippen LogP contribution in [0.1, 0.15) is 40.0 Å². The highest BCUT2D eigenvalue weighted by Gasteiger charge is 2.14. The van der Waals surface area contributed by atoms with E-state index in [1.165, 1.54) is 10.8 Å². The summed E-state index contributed by atoms with van der Waals surface area (Å²) < 4.78 is 0. The summed E-state index contributed by atoms with van der Waals surface area (Å²) in [5.41, 5.74) is 4.07. The molecule has 0 aliphatic carbocycles. The molecule has 23 heavy (non-hydrogen) atoms. The summed E-state index contributed by atoms with van der Waals surface area (Å²) in [5.74, 6) is -0.0303. The second-order valence-corrected chi connectivity index (χ2v) is 6.14. The third-order valence-electron chi connectivity index (χ3n) is 4.12. The molecule has 1 amide bonds. The molecule has 0 heterocycles. The van der Waals surface area contributed by atoms with Crippen molar-refractivity contribution in [3.05, 3.63) is 82.9 Å². The van der Waals surface area contributed by atoms with Gasteiger partial charge in [0.05, 0.1) is 6.04 Å². The maximum absolute atomic E-state index is 12.6. The molecular formula is C21H21NO. The van der Waals surface area contributed by atoms with Crippen molar-refractivity contribution < 1.29 is 4.79 Å². The summed E-state index contributed by atoms with van der Waals surface area (Å²) in [6.07, 6.45) is 0. The minimum atomic E-state index is -0.0468. The second kappa shape index (κ2) is 6.25. The fourth-order valence-corrected chi connectivity index (χ4v) is 3.09. The van der Waals surface area contributed by atoms with Crippen molar-refractivity contribution in [1.82, 2.24) is 5.32 Å². The van der Waals surface area contributed by atoms with Crippen LogP contribution in [0.3, 0.4) is 0 Å². The first kappa shape index (κ1) is 15.3. The molecule has 0 bridgehead atoms. The van der Waals surface area contributed by atoms with Crippen molar-refractivity contribution in [3.63, 3.8) is 0 Å². The van der Waals surface area contributed by atoms with Crippen molar-refractivity contribution in [2.75, 3.05) is 0 Å². The Morgan fingerprint density at radius 2 is 1.57 bits per heavy atom. The Bertz CT molecular complexity index is 841. The number of nitrogens with one attached hydrogen (secondary N) is 1. The molecule has 0 saturated carbocycles. The van der Waals surface area contributed by atoms with Gasteiger partial charge in [0, 0.05) is 5.56 Å². The molecule has 2 nitrogen and oxygen atoms in total. The zero-order valence-electron chi connectivity index (χ0n) is 13.8. The summed E-state index contributed by atoms with van der Waals surface area (Å²) in [5, 5.41) is 5.50. The molecule has 3 aromatic rings. The second-order valence-electron chi connectivity index (χ2n) is 6.14. The third kappa shape index (κ3) is 3.26. The van der Waals surface area contributed by atoms with E-state index in [1.54, 1.807) is 0 Å². The average Bonchev–Trinajstić information content (AvgIpc) is 2.53. The van der Waals surface area contributed by atoms with E-state index in [1.807, 2.05) is 51.1 Å². The zero-order chi connectivity index (χ0) is 16.4. The van der Waals surface area contributed by atoms with Crippen LogP contribution in [0.15, 0.2) is 60.7 Å². The van der Waals surface area contributed by atoms with E-state index in [2.05, 4.69) is 35.6 Å². The zero-order valence-corrected chi connectivity index (χ0v) is 13.8. The number of carbonyl (C=O) groups is 1. The standard InChI is InChI=1S/C21H21NO/c1-14-11-15(2)13-18(12-14)21(23)22-16(3)19-10-6-8-17-7-4-5-9-20(17)19/h4-13,16H,1-3H3,(H,22,23). The minimum absolute atomic E-state index is 0.0303. The summed E-state index contributed by atoms with van der Waals surface area (Å²) in [4.78, 5) is 12.6. The predicted octanol–water partition coefficient (Wildman–Crippen LogP) is 4.95. The lowest BCUT2D eigenvalue weighted by Gasteiger charge is -2.17. The molecule has 2 heteroatoms. The molecule has 3 aromatic carbocycles. The van der Waals surface area contributed by atoms with E-state index < -0.39 is 0 Å². The van der Waals surface area contributed by atoms with Crippen LogP contribution in [-0.2, 0) is 0 Å². The smallest absolute Gasteiger partial charge is 0.251 e. The lowest BCUT2D eigenvalue weighted by Crippen LogP contribution is -2.26. The predicted molar refractivity (Wildman–Crippen MR) is 95.7 cm³/mol. The van der Waals surface area contributed by atoms with E-state index in [0.717, 1.165) is 22.3 Å². The van der Waals surface area contributed by atoms with Gasteiger partial charge in [0.1, 0.15) is 0 Å². The first-order valence-corrected chi connectivity index (χ1v) is 7.91. The minimum Gasteiger partial charge on any atom is -0.345 e. The van der Waals surface area contributed by atoms with Crippen molar-refractivity contribution in [2.45, 2.75) is 26.8 Å². The number of amides is 1. The van der Waals surface area contributed by atoms with Crippen LogP contribution in [0, 0.1) is 13.8 Å². The lowest BCUT2D eigenvalue weighted by molar-refractivity contribution is 0.0940. The quantitative estimate of drug-likeness (QED) is 0.729. The van der Waals surface area contributed by atoms with E-state index >= 15 is 0 Å². The molecule has 1 atom stereocenters. The molecule has 116 valence electrons. The molecule has 3 rings (SSSR count). The van der Waals surface area contributed by atoms with E-state index in [0.29, 0.717) is 0 Å². The van der Waals surface area contributed by atoms with Crippen molar-refractivity contribution >= 4 is 16.7 Å². The van der Waals surface area contributed by atoms with Gasteiger partial charge in [-0.05, 0) is 49.2 Å². The number of aryl methyl sites for hydroxylation is 2. The SMILES string of the molecule is Cc1cc(C)cc(C(=O)NC(C)c2cccc3ccccc23)c1. The Hall–Kier alpha value is -2.61. The van der Waals surface area contributed by atoms with Gasteiger partial charge in [-0.25, -0.2) is 0 Å². The largest absolute Gasteiger partial charge is 0.345 e. The summed E-state index contributed by atoms with van der Waals surface area (Å²) >= 11 is 0. The highest BCUT2D eigenvalue weighted by atomic mass is 16.1. The lowest BCUT2D eigenvalue weighted by atomic mass is 9.99. The summed E-state index contributed by atoms with van der Waals surface area (Å²) in [6.45, 7) is 6.05. The molecule has 0 saturated heterocycles. The Labute approximate surface area is 137 Å². The molecule has 0 aliphatic heterocycles. The Balaban J connectivity index is 1.88. The number of benzene rings is 3. The van der Waals surface area contributed by atoms with E-state index in [9.17, 15) is 4.79 Å². The van der Waals surface area contributed by atoms with Gasteiger partial charge in [0.2, 0.25) is 0 Å². The van der Waals surface area contributed by atoms with Crippen LogP contribution >= 0.6 is 0 Å². The van der Waals surface area contributed by atoms with Gasteiger partial charge in [-0.1, -0.05) is 59.7 Å². The Morgan fingerprint density at radius 1 is 0.913 bits per heavy atom. The van der Waals surface area contributed by atoms with Crippen molar-refractivity contribution in [2.24, 2.45) is 0 Å². The van der Waals surface area contributed by atoms with Crippen LogP contribution in [-0.4, -0.2) is 5.91 Å². The number of fused-ring (bicyclic) bond motifs is 1. The van der Waals surface area contributed by atoms with Crippen molar-refractivity contribution in [1.29, 1.82) is 0 Å². The molecule has 0 aromatic heterocycles. The number of hydrogen-bond acceptors (Lipinski definition) is 1. The third-order valence-corrected chi connectivity index (χ3v) is 4.12. The highest BCUT2D eigenvalue weighted by Crippen LogP contribution is 2.24. The topological polar surface area (TPSA) is 29.1 Å². The molecular weight excluding hydrogens is 282 g/mol. The van der Waals surface area contributed by atoms with Crippen LogP contribution in [0.4, 0.5) is 0 Å². The average molecular weight is 303 g/mol. The molecule has 0 fully saturated rings. The van der Waals surface area contributed by atoms with Crippen molar-refractivity contribution in [3.8, 4) is 0 Å². The summed E-state index contributed by atoms with van der Waals surface area (Å²) in [6, 6.07) is 20.4. The molecule has 0 aliphatic rings. The monoisotopic (exact) mass is 303 g/mol.